The molecule has 0 aliphatic carbocycles. The van der Waals surface area contributed by atoms with Gasteiger partial charge in [-0.3, -0.25) is 4.79 Å². The number of ether oxygens (including phenoxy) is 6. The predicted octanol–water partition coefficient (Wildman–Crippen LogP) is 6.48. The molecule has 0 bridgehead atoms. The first-order chi connectivity index (χ1) is 41.3. The number of hydrogen-bond acceptors (Lipinski definition) is 18. The molecule has 17 unspecified atom stereocenters. The largest absolute Gasteiger partial charge is 0.394 e. The monoisotopic (exact) mass is 1200 g/mol. The molecule has 0 aromatic carbocycles. The highest BCUT2D eigenvalue weighted by Gasteiger charge is 2.53. The molecule has 3 aliphatic heterocycles. The molecule has 3 aliphatic rings. The lowest BCUT2D eigenvalue weighted by Crippen LogP contribution is -2.66. The van der Waals surface area contributed by atoms with Crippen LogP contribution < -0.4 is 5.32 Å². The molecule has 12 N–H and O–H groups in total. The van der Waals surface area contributed by atoms with Crippen LogP contribution in [0, 0.1) is 0 Å². The third-order valence-corrected chi connectivity index (χ3v) is 14.7. The second-order valence-corrected chi connectivity index (χ2v) is 21.8. The summed E-state index contributed by atoms with van der Waals surface area (Å²) in [4.78, 5) is 13.3. The number of amides is 1. The van der Waals surface area contributed by atoms with E-state index in [9.17, 15) is 61.0 Å². The number of aliphatic hydroxyl groups excluding tert-OH is 11. The van der Waals surface area contributed by atoms with Gasteiger partial charge in [0.25, 0.3) is 0 Å². The first-order valence-corrected chi connectivity index (χ1v) is 31.3. The number of carbonyl (C=O) groups is 1. The van der Waals surface area contributed by atoms with E-state index in [1.807, 2.05) is 18.2 Å². The van der Waals surface area contributed by atoms with Crippen LogP contribution in [0.3, 0.4) is 0 Å². The molecule has 0 saturated carbocycles. The zero-order chi connectivity index (χ0) is 61.9. The summed E-state index contributed by atoms with van der Waals surface area (Å²) in [5.74, 6) is -0.354. The Bertz CT molecular complexity index is 2020. The van der Waals surface area contributed by atoms with Gasteiger partial charge in [-0.05, 0) is 96.3 Å². The van der Waals surface area contributed by atoms with Crippen LogP contribution >= 0.6 is 0 Å². The van der Waals surface area contributed by atoms with E-state index in [0.717, 1.165) is 70.6 Å². The van der Waals surface area contributed by atoms with Gasteiger partial charge in [-0.1, -0.05) is 174 Å². The van der Waals surface area contributed by atoms with E-state index in [1.165, 1.54) is 44.9 Å². The minimum Gasteiger partial charge on any atom is -0.394 e. The number of unbranched alkanes of at least 4 members (excludes halogenated alkanes) is 10. The summed E-state index contributed by atoms with van der Waals surface area (Å²) in [6, 6.07) is -1.04. The predicted molar refractivity (Wildman–Crippen MR) is 327 cm³/mol. The smallest absolute Gasteiger partial charge is 0.220 e. The molecule has 3 fully saturated rings. The van der Waals surface area contributed by atoms with Crippen LogP contribution in [0.2, 0.25) is 0 Å². The van der Waals surface area contributed by atoms with E-state index in [-0.39, 0.29) is 12.3 Å². The number of nitrogens with one attached hydrogen (secondary N) is 1. The minimum atomic E-state index is -1.99. The maximum absolute atomic E-state index is 13.3. The average molecular weight is 1200 g/mol. The van der Waals surface area contributed by atoms with Crippen LogP contribution in [-0.2, 0) is 33.2 Å². The molecule has 19 nitrogen and oxygen atoms in total. The zero-order valence-corrected chi connectivity index (χ0v) is 50.5. The van der Waals surface area contributed by atoms with Gasteiger partial charge in [-0.15, -0.1) is 0 Å². The Balaban J connectivity index is 1.53. The van der Waals surface area contributed by atoms with E-state index in [1.54, 1.807) is 6.08 Å². The first-order valence-electron chi connectivity index (χ1n) is 31.3. The third kappa shape index (κ3) is 30.3. The molecule has 0 spiro atoms. The van der Waals surface area contributed by atoms with Gasteiger partial charge in [0.05, 0.1) is 38.6 Å². The highest BCUT2D eigenvalue weighted by Crippen LogP contribution is 2.33. The standard InChI is InChI=1S/C66H107NO18/c1-3-5-7-9-11-13-15-17-19-21-22-23-24-25-26-28-30-32-34-36-38-40-42-44-54(72)67-49(50(71)43-41-39-37-35-33-31-29-27-20-18-16-14-12-10-8-6-4-2)48-80-64-60(78)57(75)62(52(46-69)82-64)85-66-61(79)58(76)63(53(47-70)83-66)84-65-59(77)56(74)55(73)51(45-68)81-65/h5,7,11,13,17,19-20,22-23,25-27,30,32-33,35-36,38,41,43,49-53,55-66,68-71,73-79H,3-4,6,8-10,12,14-16,18,21,24,28-29,31,34,37,39-40,42,44-48H2,1-2H3,(H,67,72)/b7-5-,13-11-,19-17-,23-22-,26-25-,27-20+,32-30-,35-33+,38-36-,43-41+. The van der Waals surface area contributed by atoms with Gasteiger partial charge in [-0.25, -0.2) is 0 Å². The summed E-state index contributed by atoms with van der Waals surface area (Å²) in [7, 11) is 0. The Morgan fingerprint density at radius 1 is 0.435 bits per heavy atom. The lowest BCUT2D eigenvalue weighted by molar-refractivity contribution is -0.379. The molecule has 0 aromatic rings. The third-order valence-electron chi connectivity index (χ3n) is 14.7. The second-order valence-electron chi connectivity index (χ2n) is 21.8. The summed E-state index contributed by atoms with van der Waals surface area (Å²) >= 11 is 0. The molecule has 484 valence electrons. The Morgan fingerprint density at radius 2 is 0.824 bits per heavy atom. The first kappa shape index (κ1) is 75.4. The van der Waals surface area contributed by atoms with Crippen molar-refractivity contribution in [1.82, 2.24) is 5.32 Å². The van der Waals surface area contributed by atoms with Gasteiger partial charge in [-0.2, -0.15) is 0 Å². The van der Waals surface area contributed by atoms with Gasteiger partial charge in [0.2, 0.25) is 5.91 Å². The van der Waals surface area contributed by atoms with Crippen molar-refractivity contribution >= 4 is 5.91 Å². The topological polar surface area (TPSA) is 307 Å². The SMILES string of the molecule is CC/C=C\C/C=C\C/C=C\C/C=C\C/C=C\C/C=C\C/C=C\CCCC(=O)NC(COC1OC(CO)C(OC2OC(CO)C(OC3OC(CO)C(O)C(O)C3O)C(O)C2O)C(O)C1O)C(O)/C=C/CC/C=C/CC/C=C/CCCCCCCCC. The Hall–Kier alpha value is -3.81. The molecular formula is C66H107NO18. The van der Waals surface area contributed by atoms with E-state index in [4.69, 9.17) is 28.4 Å². The Kier molecular flexibility index (Phi) is 41.9. The van der Waals surface area contributed by atoms with Gasteiger partial charge < -0.3 is 89.9 Å². The van der Waals surface area contributed by atoms with E-state index >= 15 is 0 Å². The van der Waals surface area contributed by atoms with Crippen molar-refractivity contribution in [2.75, 3.05) is 26.4 Å². The van der Waals surface area contributed by atoms with Crippen molar-refractivity contribution < 1.29 is 89.4 Å². The van der Waals surface area contributed by atoms with Gasteiger partial charge >= 0.3 is 0 Å². The molecule has 0 radical (unpaired) electrons. The molecule has 85 heavy (non-hydrogen) atoms. The quantitative estimate of drug-likeness (QED) is 0.0229. The van der Waals surface area contributed by atoms with Crippen LogP contribution in [0.5, 0.6) is 0 Å². The fourth-order valence-corrected chi connectivity index (χ4v) is 9.62. The van der Waals surface area contributed by atoms with Crippen molar-refractivity contribution in [2.45, 2.75) is 259 Å². The van der Waals surface area contributed by atoms with Crippen molar-refractivity contribution in [1.29, 1.82) is 0 Å². The van der Waals surface area contributed by atoms with Crippen molar-refractivity contribution in [3.8, 4) is 0 Å². The second kappa shape index (κ2) is 47.2. The lowest BCUT2D eigenvalue weighted by atomic mass is 9.96. The fourth-order valence-electron chi connectivity index (χ4n) is 9.62. The van der Waals surface area contributed by atoms with Gasteiger partial charge in [0.1, 0.15) is 73.2 Å². The number of hydrogen-bond donors (Lipinski definition) is 12. The highest BCUT2D eigenvalue weighted by molar-refractivity contribution is 5.76. The van der Waals surface area contributed by atoms with Crippen LogP contribution in [0.4, 0.5) is 0 Å². The van der Waals surface area contributed by atoms with Gasteiger partial charge in [0.15, 0.2) is 18.9 Å². The Morgan fingerprint density at radius 3 is 1.32 bits per heavy atom. The summed E-state index contributed by atoms with van der Waals surface area (Å²) in [6.45, 7) is 1.50. The highest BCUT2D eigenvalue weighted by atomic mass is 16.8. The lowest BCUT2D eigenvalue weighted by Gasteiger charge is -2.48. The molecule has 3 heterocycles. The molecule has 0 aromatic heterocycles. The molecule has 17 atom stereocenters. The summed E-state index contributed by atoms with van der Waals surface area (Å²) in [5.41, 5.74) is 0. The normalized spacial score (nSPS) is 29.8. The zero-order valence-electron chi connectivity index (χ0n) is 50.5. The van der Waals surface area contributed by atoms with Crippen molar-refractivity contribution in [2.24, 2.45) is 0 Å². The summed E-state index contributed by atoms with van der Waals surface area (Å²) in [6.07, 6.45) is 36.1. The fraction of sp³-hybridized carbons (Fsp3) is 0.682. The van der Waals surface area contributed by atoms with Crippen LogP contribution in [0.25, 0.3) is 0 Å². The molecule has 19 heteroatoms. The maximum Gasteiger partial charge on any atom is 0.220 e. The molecule has 1 amide bonds. The maximum atomic E-state index is 13.3. The van der Waals surface area contributed by atoms with E-state index in [2.05, 4.69) is 116 Å². The summed E-state index contributed by atoms with van der Waals surface area (Å²) in [5, 5.41) is 120. The van der Waals surface area contributed by atoms with Crippen LogP contribution in [-0.4, -0.2) is 193 Å². The minimum absolute atomic E-state index is 0.144. The summed E-state index contributed by atoms with van der Waals surface area (Å²) < 4.78 is 34.2. The average Bonchev–Trinajstić information content (AvgIpc) is 3.64. The van der Waals surface area contributed by atoms with Crippen LogP contribution in [0.1, 0.15) is 155 Å². The van der Waals surface area contributed by atoms with Crippen LogP contribution in [0.15, 0.2) is 122 Å². The number of carbonyl (C=O) groups excluding carboxylic acids is 1. The molecular weight excluding hydrogens is 1090 g/mol. The molecule has 3 rings (SSSR count). The van der Waals surface area contributed by atoms with E-state index < -0.39 is 131 Å². The number of allylic oxidation sites excluding steroid dienone is 19. The number of rotatable bonds is 44. The Labute approximate surface area is 506 Å². The number of aliphatic hydroxyl groups is 11. The van der Waals surface area contributed by atoms with Gasteiger partial charge in [0, 0.05) is 6.42 Å². The molecule has 3 saturated heterocycles. The van der Waals surface area contributed by atoms with Crippen molar-refractivity contribution in [3.05, 3.63) is 122 Å². The van der Waals surface area contributed by atoms with E-state index in [0.29, 0.717) is 19.3 Å². The van der Waals surface area contributed by atoms with Crippen molar-refractivity contribution in [3.63, 3.8) is 0 Å².